The summed E-state index contributed by atoms with van der Waals surface area (Å²) in [6, 6.07) is 7.23. The van der Waals surface area contributed by atoms with Crippen molar-refractivity contribution in [2.75, 3.05) is 19.6 Å². The van der Waals surface area contributed by atoms with E-state index in [-0.39, 0.29) is 23.5 Å². The summed E-state index contributed by atoms with van der Waals surface area (Å²) in [5.74, 6) is 0.159. The molecule has 2 saturated heterocycles. The van der Waals surface area contributed by atoms with Gasteiger partial charge in [-0.15, -0.1) is 0 Å². The Balaban J connectivity index is 1.41. The molecule has 1 atom stereocenters. The standard InChI is InChI=1S/C19H25ClN2O3/c1-14-13-19(25-18(24)21-14)8-11-22(12-9-19)10-2-3-17(23)15-4-6-16(20)7-5-15/h4-7,14H,2-3,8-13H2,1H3,(H,21,24). The van der Waals surface area contributed by atoms with Gasteiger partial charge >= 0.3 is 6.09 Å². The Morgan fingerprint density at radius 2 is 2.00 bits per heavy atom. The van der Waals surface area contributed by atoms with Gasteiger partial charge in [0.25, 0.3) is 0 Å². The summed E-state index contributed by atoms with van der Waals surface area (Å²) in [4.78, 5) is 26.2. The summed E-state index contributed by atoms with van der Waals surface area (Å²) in [6.07, 6.45) is 3.71. The number of nitrogens with zero attached hydrogens (tertiary/aromatic N) is 1. The van der Waals surface area contributed by atoms with Gasteiger partial charge in [-0.2, -0.15) is 0 Å². The molecule has 1 unspecified atom stereocenters. The lowest BCUT2D eigenvalue weighted by Gasteiger charge is -2.45. The minimum atomic E-state index is -0.294. The molecule has 1 aromatic carbocycles. The number of hydrogen-bond acceptors (Lipinski definition) is 4. The van der Waals surface area contributed by atoms with E-state index in [1.807, 2.05) is 6.92 Å². The number of piperidine rings is 1. The van der Waals surface area contributed by atoms with E-state index in [0.29, 0.717) is 11.4 Å². The van der Waals surface area contributed by atoms with Crippen molar-refractivity contribution in [1.82, 2.24) is 10.2 Å². The van der Waals surface area contributed by atoms with Crippen LogP contribution < -0.4 is 5.32 Å². The SMILES string of the molecule is CC1CC2(CCN(CCCC(=O)c3ccc(Cl)cc3)CC2)OC(=O)N1. The number of nitrogens with one attached hydrogen (secondary N) is 1. The highest BCUT2D eigenvalue weighted by molar-refractivity contribution is 6.30. The minimum Gasteiger partial charge on any atom is -0.443 e. The van der Waals surface area contributed by atoms with Crippen LogP contribution in [0, 0.1) is 0 Å². The van der Waals surface area contributed by atoms with Gasteiger partial charge in [0.05, 0.1) is 0 Å². The van der Waals surface area contributed by atoms with Crippen LogP contribution in [0.3, 0.4) is 0 Å². The number of carbonyl (C=O) groups excluding carboxylic acids is 2. The van der Waals surface area contributed by atoms with Gasteiger partial charge in [0, 0.05) is 55.4 Å². The van der Waals surface area contributed by atoms with Crippen molar-refractivity contribution in [1.29, 1.82) is 0 Å². The molecule has 136 valence electrons. The summed E-state index contributed by atoms with van der Waals surface area (Å²) in [7, 11) is 0. The number of halogens is 1. The van der Waals surface area contributed by atoms with Crippen molar-refractivity contribution in [2.24, 2.45) is 0 Å². The number of ether oxygens (including phenoxy) is 1. The molecule has 2 fully saturated rings. The Morgan fingerprint density at radius 3 is 2.64 bits per heavy atom. The van der Waals surface area contributed by atoms with Crippen LogP contribution in [-0.4, -0.2) is 48.1 Å². The molecule has 0 bridgehead atoms. The zero-order valence-corrected chi connectivity index (χ0v) is 15.3. The molecule has 2 aliphatic heterocycles. The maximum absolute atomic E-state index is 12.2. The number of benzene rings is 1. The first-order valence-electron chi connectivity index (χ1n) is 8.96. The van der Waals surface area contributed by atoms with Gasteiger partial charge in [-0.1, -0.05) is 11.6 Å². The third-order valence-corrected chi connectivity index (χ3v) is 5.42. The van der Waals surface area contributed by atoms with Gasteiger partial charge in [-0.25, -0.2) is 4.79 Å². The number of alkyl carbamates (subject to hydrolysis) is 1. The van der Waals surface area contributed by atoms with Crippen LogP contribution in [0.2, 0.25) is 5.02 Å². The van der Waals surface area contributed by atoms with Gasteiger partial charge in [-0.05, 0) is 44.2 Å². The first-order valence-corrected chi connectivity index (χ1v) is 9.34. The van der Waals surface area contributed by atoms with Gasteiger partial charge < -0.3 is 15.0 Å². The topological polar surface area (TPSA) is 58.6 Å². The van der Waals surface area contributed by atoms with Crippen LogP contribution >= 0.6 is 11.6 Å². The molecule has 0 saturated carbocycles. The molecule has 25 heavy (non-hydrogen) atoms. The summed E-state index contributed by atoms with van der Waals surface area (Å²) in [6.45, 7) is 4.75. The smallest absolute Gasteiger partial charge is 0.407 e. The van der Waals surface area contributed by atoms with Gasteiger partial charge in [0.1, 0.15) is 5.60 Å². The predicted octanol–water partition coefficient (Wildman–Crippen LogP) is 3.66. The molecule has 5 nitrogen and oxygen atoms in total. The van der Waals surface area contributed by atoms with E-state index in [2.05, 4.69) is 10.2 Å². The molecule has 0 aliphatic carbocycles. The molecule has 1 amide bonds. The molecule has 6 heteroatoms. The van der Waals surface area contributed by atoms with Gasteiger partial charge in [0.15, 0.2) is 5.78 Å². The summed E-state index contributed by atoms with van der Waals surface area (Å²) in [5.41, 5.74) is 0.426. The van der Waals surface area contributed by atoms with Gasteiger partial charge in [0.2, 0.25) is 0 Å². The average Bonchev–Trinajstić information content (AvgIpc) is 2.56. The van der Waals surface area contributed by atoms with Crippen molar-refractivity contribution in [3.05, 3.63) is 34.9 Å². The Labute approximate surface area is 153 Å². The monoisotopic (exact) mass is 364 g/mol. The van der Waals surface area contributed by atoms with Gasteiger partial charge in [-0.3, -0.25) is 4.79 Å². The van der Waals surface area contributed by atoms with Crippen molar-refractivity contribution in [3.63, 3.8) is 0 Å². The highest BCUT2D eigenvalue weighted by Crippen LogP contribution is 2.33. The molecule has 1 aromatic rings. The molecular formula is C19H25ClN2O3. The Kier molecular flexibility index (Phi) is 5.64. The number of rotatable bonds is 5. The highest BCUT2D eigenvalue weighted by atomic mass is 35.5. The number of amides is 1. The summed E-state index contributed by atoms with van der Waals surface area (Å²) >= 11 is 5.85. The molecule has 0 radical (unpaired) electrons. The van der Waals surface area contributed by atoms with Crippen LogP contribution in [-0.2, 0) is 4.74 Å². The fraction of sp³-hybridized carbons (Fsp3) is 0.579. The maximum Gasteiger partial charge on any atom is 0.407 e. The third kappa shape index (κ3) is 4.73. The van der Waals surface area contributed by atoms with E-state index in [1.165, 1.54) is 0 Å². The van der Waals surface area contributed by atoms with Crippen molar-refractivity contribution < 1.29 is 14.3 Å². The maximum atomic E-state index is 12.2. The molecule has 0 aromatic heterocycles. The first-order chi connectivity index (χ1) is 12.0. The second-order valence-electron chi connectivity index (χ2n) is 7.20. The van der Waals surface area contributed by atoms with Crippen LogP contribution in [0.4, 0.5) is 4.79 Å². The van der Waals surface area contributed by atoms with E-state index in [4.69, 9.17) is 16.3 Å². The van der Waals surface area contributed by atoms with Crippen LogP contribution in [0.15, 0.2) is 24.3 Å². The number of ketones is 1. The van der Waals surface area contributed by atoms with Crippen LogP contribution in [0.1, 0.15) is 49.4 Å². The third-order valence-electron chi connectivity index (χ3n) is 5.16. The number of carbonyl (C=O) groups is 2. The van der Waals surface area contributed by atoms with Crippen molar-refractivity contribution in [2.45, 2.75) is 50.7 Å². The van der Waals surface area contributed by atoms with E-state index < -0.39 is 0 Å². The predicted molar refractivity (Wildman–Crippen MR) is 97.1 cm³/mol. The molecular weight excluding hydrogens is 340 g/mol. The second kappa shape index (κ2) is 7.75. The lowest BCUT2D eigenvalue weighted by molar-refractivity contribution is -0.0634. The molecule has 1 N–H and O–H groups in total. The zero-order chi connectivity index (χ0) is 17.9. The zero-order valence-electron chi connectivity index (χ0n) is 14.6. The van der Waals surface area contributed by atoms with E-state index in [9.17, 15) is 9.59 Å². The molecule has 2 aliphatic rings. The molecule has 2 heterocycles. The molecule has 1 spiro atoms. The Bertz CT molecular complexity index is 624. The molecule has 3 rings (SSSR count). The highest BCUT2D eigenvalue weighted by Gasteiger charge is 2.42. The van der Waals surface area contributed by atoms with Crippen LogP contribution in [0.25, 0.3) is 0 Å². The quantitative estimate of drug-likeness (QED) is 0.810. The normalized spacial score (nSPS) is 23.1. The van der Waals surface area contributed by atoms with Crippen molar-refractivity contribution >= 4 is 23.5 Å². The largest absolute Gasteiger partial charge is 0.443 e. The van der Waals surface area contributed by atoms with E-state index >= 15 is 0 Å². The van der Waals surface area contributed by atoms with Crippen LogP contribution in [0.5, 0.6) is 0 Å². The van der Waals surface area contributed by atoms with Crippen molar-refractivity contribution in [3.8, 4) is 0 Å². The number of likely N-dealkylation sites (tertiary alicyclic amines) is 1. The summed E-state index contributed by atoms with van der Waals surface area (Å²) in [5, 5.41) is 3.45. The summed E-state index contributed by atoms with van der Waals surface area (Å²) < 4.78 is 5.60. The van der Waals surface area contributed by atoms with E-state index in [1.54, 1.807) is 24.3 Å². The minimum absolute atomic E-state index is 0.159. The number of hydrogen-bond donors (Lipinski definition) is 1. The Hall–Kier alpha value is -1.59. The lowest BCUT2D eigenvalue weighted by atomic mass is 9.84. The lowest BCUT2D eigenvalue weighted by Crippen LogP contribution is -2.56. The fourth-order valence-corrected chi connectivity index (χ4v) is 3.94. The first kappa shape index (κ1) is 18.2. The fourth-order valence-electron chi connectivity index (χ4n) is 3.81. The average molecular weight is 365 g/mol. The van der Waals surface area contributed by atoms with E-state index in [0.717, 1.165) is 50.9 Å². The Morgan fingerprint density at radius 1 is 1.32 bits per heavy atom. The second-order valence-corrected chi connectivity index (χ2v) is 7.63. The number of Topliss-reactive ketones (excluding diaryl/α,β-unsaturated/α-hetero) is 1.